The van der Waals surface area contributed by atoms with Crippen LogP contribution in [0.4, 0.5) is 0 Å². The van der Waals surface area contributed by atoms with Crippen LogP contribution in [0.1, 0.15) is 13.8 Å². The summed E-state index contributed by atoms with van der Waals surface area (Å²) in [4.78, 5) is 4.30. The highest BCUT2D eigenvalue weighted by atomic mass is 16.5. The van der Waals surface area contributed by atoms with E-state index in [0.717, 1.165) is 23.2 Å². The molecule has 1 aromatic carbocycles. The molecule has 0 fully saturated rings. The van der Waals surface area contributed by atoms with Crippen molar-refractivity contribution in [1.29, 1.82) is 0 Å². The molecule has 0 spiro atoms. The minimum atomic E-state index is -0.423. The molecule has 0 saturated heterocycles. The molecule has 0 aliphatic rings. The molecular formula is C15H20N2O2. The molecule has 2 rings (SSSR count). The average molecular weight is 260 g/mol. The van der Waals surface area contributed by atoms with Crippen molar-refractivity contribution in [2.75, 3.05) is 19.8 Å². The molecule has 1 aromatic heterocycles. The van der Waals surface area contributed by atoms with Crippen LogP contribution >= 0.6 is 0 Å². The number of fused-ring (bicyclic) bond motifs is 1. The fourth-order valence-corrected chi connectivity index (χ4v) is 1.96. The summed E-state index contributed by atoms with van der Waals surface area (Å²) in [6.07, 6.45) is 1.77. The molecule has 2 aromatic rings. The zero-order valence-corrected chi connectivity index (χ0v) is 11.4. The van der Waals surface area contributed by atoms with E-state index < -0.39 is 5.54 Å². The first kappa shape index (κ1) is 13.8. The van der Waals surface area contributed by atoms with Crippen LogP contribution in [0.25, 0.3) is 10.9 Å². The van der Waals surface area contributed by atoms with Gasteiger partial charge in [-0.1, -0.05) is 13.0 Å². The molecular weight excluding hydrogens is 240 g/mol. The smallest absolute Gasteiger partial charge is 0.121 e. The van der Waals surface area contributed by atoms with E-state index in [9.17, 15) is 5.11 Å². The lowest BCUT2D eigenvalue weighted by Gasteiger charge is -2.28. The summed E-state index contributed by atoms with van der Waals surface area (Å²) in [7, 11) is 0. The number of aromatic nitrogens is 1. The third kappa shape index (κ3) is 3.43. The lowest BCUT2D eigenvalue weighted by atomic mass is 10.1. The molecule has 102 valence electrons. The van der Waals surface area contributed by atoms with Gasteiger partial charge in [-0.15, -0.1) is 0 Å². The van der Waals surface area contributed by atoms with E-state index in [2.05, 4.69) is 10.3 Å². The Hall–Kier alpha value is -1.65. The van der Waals surface area contributed by atoms with E-state index in [4.69, 9.17) is 4.74 Å². The fraction of sp³-hybridized carbons (Fsp3) is 0.400. The summed E-state index contributed by atoms with van der Waals surface area (Å²) in [5, 5.41) is 13.7. The molecule has 1 unspecified atom stereocenters. The summed E-state index contributed by atoms with van der Waals surface area (Å²) in [6, 6.07) is 9.76. The SMILES string of the molecule is CCNC(C)(CO)COc1ccc2cccnc2c1. The molecule has 0 aliphatic heterocycles. The van der Waals surface area contributed by atoms with E-state index in [1.54, 1.807) is 6.20 Å². The number of ether oxygens (including phenoxy) is 1. The minimum absolute atomic E-state index is 0.0344. The van der Waals surface area contributed by atoms with E-state index in [0.29, 0.717) is 6.61 Å². The van der Waals surface area contributed by atoms with Gasteiger partial charge in [-0.05, 0) is 31.7 Å². The Bertz CT molecular complexity index is 544. The number of likely N-dealkylation sites (N-methyl/N-ethyl adjacent to an activating group) is 1. The van der Waals surface area contributed by atoms with Crippen molar-refractivity contribution in [2.45, 2.75) is 19.4 Å². The Morgan fingerprint density at radius 2 is 2.21 bits per heavy atom. The second-order valence-electron chi connectivity index (χ2n) is 4.90. The highest BCUT2D eigenvalue weighted by molar-refractivity contribution is 5.79. The number of hydrogen-bond donors (Lipinski definition) is 2. The zero-order valence-electron chi connectivity index (χ0n) is 11.4. The van der Waals surface area contributed by atoms with Gasteiger partial charge in [0.15, 0.2) is 0 Å². The summed E-state index contributed by atoms with van der Waals surface area (Å²) in [5.41, 5.74) is 0.488. The van der Waals surface area contributed by atoms with Gasteiger partial charge in [0.25, 0.3) is 0 Å². The number of pyridine rings is 1. The number of aliphatic hydroxyl groups is 1. The molecule has 1 atom stereocenters. The minimum Gasteiger partial charge on any atom is -0.492 e. The van der Waals surface area contributed by atoms with E-state index in [-0.39, 0.29) is 6.61 Å². The monoisotopic (exact) mass is 260 g/mol. The first-order valence-corrected chi connectivity index (χ1v) is 6.50. The Morgan fingerprint density at radius 3 is 2.95 bits per heavy atom. The van der Waals surface area contributed by atoms with Crippen molar-refractivity contribution in [2.24, 2.45) is 0 Å². The predicted molar refractivity (Wildman–Crippen MR) is 76.4 cm³/mol. The van der Waals surface area contributed by atoms with Gasteiger partial charge in [-0.3, -0.25) is 4.98 Å². The number of aliphatic hydroxyl groups excluding tert-OH is 1. The number of hydrogen-bond acceptors (Lipinski definition) is 4. The summed E-state index contributed by atoms with van der Waals surface area (Å²) >= 11 is 0. The Labute approximate surface area is 113 Å². The molecule has 2 N–H and O–H groups in total. The third-order valence-electron chi connectivity index (χ3n) is 3.09. The van der Waals surface area contributed by atoms with Gasteiger partial charge in [0.05, 0.1) is 17.7 Å². The Morgan fingerprint density at radius 1 is 1.37 bits per heavy atom. The second-order valence-corrected chi connectivity index (χ2v) is 4.90. The van der Waals surface area contributed by atoms with Crippen molar-refractivity contribution < 1.29 is 9.84 Å². The largest absolute Gasteiger partial charge is 0.492 e. The van der Waals surface area contributed by atoms with Crippen LogP contribution < -0.4 is 10.1 Å². The third-order valence-corrected chi connectivity index (χ3v) is 3.09. The van der Waals surface area contributed by atoms with Gasteiger partial charge in [-0.25, -0.2) is 0 Å². The molecule has 0 bridgehead atoms. The molecule has 1 heterocycles. The molecule has 0 aliphatic carbocycles. The average Bonchev–Trinajstić information content (AvgIpc) is 2.45. The molecule has 0 radical (unpaired) electrons. The number of nitrogens with zero attached hydrogens (tertiary/aromatic N) is 1. The highest BCUT2D eigenvalue weighted by Crippen LogP contribution is 2.19. The predicted octanol–water partition coefficient (Wildman–Crippen LogP) is 1.97. The first-order valence-electron chi connectivity index (χ1n) is 6.50. The maximum atomic E-state index is 9.41. The van der Waals surface area contributed by atoms with Crippen LogP contribution in [0.3, 0.4) is 0 Å². The van der Waals surface area contributed by atoms with Crippen LogP contribution in [-0.4, -0.2) is 35.4 Å². The second kappa shape index (κ2) is 5.99. The number of rotatable bonds is 6. The quantitative estimate of drug-likeness (QED) is 0.834. The first-order chi connectivity index (χ1) is 9.17. The van der Waals surface area contributed by atoms with Gasteiger partial charge in [0.2, 0.25) is 0 Å². The van der Waals surface area contributed by atoms with Crippen LogP contribution in [0.15, 0.2) is 36.5 Å². The van der Waals surface area contributed by atoms with Crippen LogP contribution in [0.2, 0.25) is 0 Å². The topological polar surface area (TPSA) is 54.4 Å². The lowest BCUT2D eigenvalue weighted by molar-refractivity contribution is 0.117. The van der Waals surface area contributed by atoms with Gasteiger partial charge in [-0.2, -0.15) is 0 Å². The van der Waals surface area contributed by atoms with Gasteiger partial charge < -0.3 is 15.2 Å². The summed E-state index contributed by atoms with van der Waals surface area (Å²) in [5.74, 6) is 0.767. The lowest BCUT2D eigenvalue weighted by Crippen LogP contribution is -2.50. The zero-order chi connectivity index (χ0) is 13.7. The Balaban J connectivity index is 2.09. The van der Waals surface area contributed by atoms with Gasteiger partial charge in [0, 0.05) is 17.6 Å². The molecule has 4 nitrogen and oxygen atoms in total. The van der Waals surface area contributed by atoms with Gasteiger partial charge in [0.1, 0.15) is 12.4 Å². The standard InChI is InChI=1S/C15H20N2O2/c1-3-17-15(2,10-18)11-19-13-7-6-12-5-4-8-16-14(12)9-13/h4-9,17-18H,3,10-11H2,1-2H3. The highest BCUT2D eigenvalue weighted by Gasteiger charge is 2.22. The normalized spacial score (nSPS) is 14.3. The van der Waals surface area contributed by atoms with Crippen molar-refractivity contribution in [1.82, 2.24) is 10.3 Å². The number of nitrogens with one attached hydrogen (secondary N) is 1. The van der Waals surface area contributed by atoms with Crippen molar-refractivity contribution in [3.8, 4) is 5.75 Å². The van der Waals surface area contributed by atoms with Crippen LogP contribution in [0, 0.1) is 0 Å². The maximum absolute atomic E-state index is 9.41. The van der Waals surface area contributed by atoms with Crippen LogP contribution in [0.5, 0.6) is 5.75 Å². The summed E-state index contributed by atoms with van der Waals surface area (Å²) < 4.78 is 5.76. The van der Waals surface area contributed by atoms with Crippen molar-refractivity contribution in [3.63, 3.8) is 0 Å². The Kier molecular flexibility index (Phi) is 4.35. The molecule has 19 heavy (non-hydrogen) atoms. The molecule has 0 amide bonds. The molecule has 4 heteroatoms. The van der Waals surface area contributed by atoms with Crippen molar-refractivity contribution >= 4 is 10.9 Å². The maximum Gasteiger partial charge on any atom is 0.121 e. The number of benzene rings is 1. The van der Waals surface area contributed by atoms with E-state index in [1.165, 1.54) is 0 Å². The van der Waals surface area contributed by atoms with E-state index in [1.807, 2.05) is 44.2 Å². The summed E-state index contributed by atoms with van der Waals surface area (Å²) in [6.45, 7) is 5.19. The fourth-order valence-electron chi connectivity index (χ4n) is 1.96. The van der Waals surface area contributed by atoms with Gasteiger partial charge >= 0.3 is 0 Å². The van der Waals surface area contributed by atoms with Crippen LogP contribution in [-0.2, 0) is 0 Å². The van der Waals surface area contributed by atoms with E-state index >= 15 is 0 Å². The van der Waals surface area contributed by atoms with Crippen molar-refractivity contribution in [3.05, 3.63) is 36.5 Å². The molecule has 0 saturated carbocycles.